The first-order chi connectivity index (χ1) is 7.91. The summed E-state index contributed by atoms with van der Waals surface area (Å²) >= 11 is 0. The summed E-state index contributed by atoms with van der Waals surface area (Å²) < 4.78 is 0. The molecule has 0 aliphatic heterocycles. The highest BCUT2D eigenvalue weighted by Crippen LogP contribution is 2.07. The summed E-state index contributed by atoms with van der Waals surface area (Å²) in [6.45, 7) is 6.07. The molecule has 0 aromatic heterocycles. The summed E-state index contributed by atoms with van der Waals surface area (Å²) in [5, 5.41) is 0. The maximum Gasteiger partial charge on any atom is -0.0169 e. The van der Waals surface area contributed by atoms with Crippen LogP contribution < -0.4 is 0 Å². The van der Waals surface area contributed by atoms with Crippen molar-refractivity contribution in [3.63, 3.8) is 0 Å². The van der Waals surface area contributed by atoms with Crippen LogP contribution in [0.25, 0.3) is 0 Å². The number of rotatable bonds is 11. The van der Waals surface area contributed by atoms with Gasteiger partial charge in [-0.05, 0) is 32.1 Å². The van der Waals surface area contributed by atoms with Crippen LogP contribution in [0.2, 0.25) is 0 Å². The molecular formula is C16H29. The van der Waals surface area contributed by atoms with Gasteiger partial charge in [0.2, 0.25) is 0 Å². The molecule has 0 amide bonds. The second-order valence-electron chi connectivity index (χ2n) is 4.38. The predicted octanol–water partition coefficient (Wildman–Crippen LogP) is 5.85. The molecule has 0 atom stereocenters. The van der Waals surface area contributed by atoms with Gasteiger partial charge >= 0.3 is 0 Å². The van der Waals surface area contributed by atoms with E-state index in [2.05, 4.69) is 38.2 Å². The normalized spacial score (nSPS) is 11.9. The Bertz CT molecular complexity index is 165. The zero-order valence-corrected chi connectivity index (χ0v) is 11.1. The van der Waals surface area contributed by atoms with Gasteiger partial charge in [0.25, 0.3) is 0 Å². The molecule has 0 aliphatic carbocycles. The Labute approximate surface area is 103 Å². The molecule has 0 heterocycles. The number of unbranched alkanes of at least 4 members (excludes halogenated alkanes) is 7. The van der Waals surface area contributed by atoms with Gasteiger partial charge < -0.3 is 0 Å². The Hall–Kier alpha value is -0.520. The molecule has 0 heteroatoms. The second-order valence-corrected chi connectivity index (χ2v) is 4.38. The van der Waals surface area contributed by atoms with Crippen LogP contribution in [0, 0.1) is 6.92 Å². The van der Waals surface area contributed by atoms with Crippen LogP contribution in [0.3, 0.4) is 0 Å². The lowest BCUT2D eigenvalue weighted by atomic mass is 10.1. The van der Waals surface area contributed by atoms with E-state index < -0.39 is 0 Å². The van der Waals surface area contributed by atoms with Crippen molar-refractivity contribution in [2.24, 2.45) is 0 Å². The Morgan fingerprint density at radius 1 is 0.750 bits per heavy atom. The van der Waals surface area contributed by atoms with Crippen LogP contribution in [0.4, 0.5) is 0 Å². The molecule has 0 spiro atoms. The molecule has 0 rings (SSSR count). The Morgan fingerprint density at radius 3 is 2.06 bits per heavy atom. The quantitative estimate of drug-likeness (QED) is 0.303. The highest BCUT2D eigenvalue weighted by atomic mass is 13.9. The Balaban J connectivity index is 3.09. The lowest BCUT2D eigenvalue weighted by molar-refractivity contribution is 0.611. The third-order valence-electron chi connectivity index (χ3n) is 2.70. The van der Waals surface area contributed by atoms with Gasteiger partial charge in [0.05, 0.1) is 0 Å². The van der Waals surface area contributed by atoms with E-state index in [-0.39, 0.29) is 0 Å². The third-order valence-corrected chi connectivity index (χ3v) is 2.70. The van der Waals surface area contributed by atoms with Crippen molar-refractivity contribution in [1.82, 2.24) is 0 Å². The fourth-order valence-corrected chi connectivity index (χ4v) is 1.67. The molecule has 0 aliphatic rings. The minimum atomic E-state index is 1.01. The lowest BCUT2D eigenvalue weighted by Crippen LogP contribution is -1.77. The van der Waals surface area contributed by atoms with Gasteiger partial charge in [-0.3, -0.25) is 0 Å². The van der Waals surface area contributed by atoms with Gasteiger partial charge in [-0.25, -0.2) is 0 Å². The molecule has 93 valence electrons. The second kappa shape index (κ2) is 14.5. The van der Waals surface area contributed by atoms with Gasteiger partial charge in [-0.2, -0.15) is 0 Å². The first kappa shape index (κ1) is 15.5. The van der Waals surface area contributed by atoms with Crippen molar-refractivity contribution in [2.45, 2.75) is 71.1 Å². The number of hydrogen-bond donors (Lipinski definition) is 0. The molecule has 16 heavy (non-hydrogen) atoms. The van der Waals surface area contributed by atoms with Crippen molar-refractivity contribution >= 4 is 0 Å². The summed E-state index contributed by atoms with van der Waals surface area (Å²) in [6.07, 6.45) is 21.9. The third kappa shape index (κ3) is 13.5. The molecule has 0 N–H and O–H groups in total. The lowest BCUT2D eigenvalue weighted by Gasteiger charge is -1.97. The summed E-state index contributed by atoms with van der Waals surface area (Å²) in [6, 6.07) is 0. The summed E-state index contributed by atoms with van der Waals surface area (Å²) in [7, 11) is 0. The van der Waals surface area contributed by atoms with E-state index in [1.165, 1.54) is 44.9 Å². The zero-order valence-electron chi connectivity index (χ0n) is 11.1. The van der Waals surface area contributed by atoms with Crippen molar-refractivity contribution in [3.05, 3.63) is 31.2 Å². The molecule has 0 saturated carbocycles. The molecule has 0 fully saturated rings. The molecule has 0 unspecified atom stereocenters. The zero-order chi connectivity index (χ0) is 11.9. The SMILES string of the molecule is [CH2]CCC=CCC=CCCCCCCCC. The maximum absolute atomic E-state index is 3.81. The van der Waals surface area contributed by atoms with Crippen molar-refractivity contribution in [3.8, 4) is 0 Å². The van der Waals surface area contributed by atoms with Crippen LogP contribution in [0.5, 0.6) is 0 Å². The van der Waals surface area contributed by atoms with E-state index in [1.807, 2.05) is 0 Å². The summed E-state index contributed by atoms with van der Waals surface area (Å²) in [4.78, 5) is 0. The molecular weight excluding hydrogens is 192 g/mol. The standard InChI is InChI=1S/C16H29/c1-3-5-7-9-11-13-15-16-14-12-10-8-6-4-2/h7,9,13,15H,1,3-6,8,10-12,14,16H2,2H3. The van der Waals surface area contributed by atoms with Gasteiger partial charge in [-0.15, -0.1) is 0 Å². The van der Waals surface area contributed by atoms with Crippen LogP contribution in [0.1, 0.15) is 71.1 Å². The molecule has 1 radical (unpaired) electrons. The van der Waals surface area contributed by atoms with E-state index in [0.717, 1.165) is 19.3 Å². The first-order valence-electron chi connectivity index (χ1n) is 7.01. The van der Waals surface area contributed by atoms with Crippen molar-refractivity contribution in [1.29, 1.82) is 0 Å². The van der Waals surface area contributed by atoms with Gasteiger partial charge in [0.15, 0.2) is 0 Å². The predicted molar refractivity (Wildman–Crippen MR) is 75.5 cm³/mol. The van der Waals surface area contributed by atoms with Crippen molar-refractivity contribution < 1.29 is 0 Å². The minimum Gasteiger partial charge on any atom is -0.0882 e. The minimum absolute atomic E-state index is 1.01. The van der Waals surface area contributed by atoms with Gasteiger partial charge in [0, 0.05) is 0 Å². The fourth-order valence-electron chi connectivity index (χ4n) is 1.67. The molecule has 0 bridgehead atoms. The van der Waals surface area contributed by atoms with Crippen LogP contribution >= 0.6 is 0 Å². The molecule has 0 aromatic rings. The highest BCUT2D eigenvalue weighted by Gasteiger charge is 1.87. The van der Waals surface area contributed by atoms with Gasteiger partial charge in [-0.1, -0.05) is 70.3 Å². The topological polar surface area (TPSA) is 0 Å². The smallest absolute Gasteiger partial charge is 0.0169 e. The first-order valence-corrected chi connectivity index (χ1v) is 7.01. The van der Waals surface area contributed by atoms with E-state index in [1.54, 1.807) is 0 Å². The van der Waals surface area contributed by atoms with E-state index >= 15 is 0 Å². The molecule has 0 aromatic carbocycles. The Morgan fingerprint density at radius 2 is 1.38 bits per heavy atom. The maximum atomic E-state index is 3.81. The average Bonchev–Trinajstić information content (AvgIpc) is 2.31. The molecule has 0 saturated heterocycles. The largest absolute Gasteiger partial charge is 0.0882 e. The summed E-state index contributed by atoms with van der Waals surface area (Å²) in [5.74, 6) is 0. The fraction of sp³-hybridized carbons (Fsp3) is 0.688. The highest BCUT2D eigenvalue weighted by molar-refractivity contribution is 4.92. The summed E-state index contributed by atoms with van der Waals surface area (Å²) in [5.41, 5.74) is 0. The van der Waals surface area contributed by atoms with E-state index in [9.17, 15) is 0 Å². The number of allylic oxidation sites excluding steroid dienone is 4. The van der Waals surface area contributed by atoms with Crippen molar-refractivity contribution in [2.75, 3.05) is 0 Å². The van der Waals surface area contributed by atoms with Crippen LogP contribution in [-0.4, -0.2) is 0 Å². The van der Waals surface area contributed by atoms with E-state index in [4.69, 9.17) is 0 Å². The van der Waals surface area contributed by atoms with Gasteiger partial charge in [0.1, 0.15) is 0 Å². The average molecular weight is 221 g/mol. The monoisotopic (exact) mass is 221 g/mol. The Kier molecular flexibility index (Phi) is 14.0. The number of hydrogen-bond acceptors (Lipinski definition) is 0. The van der Waals surface area contributed by atoms with Crippen LogP contribution in [0.15, 0.2) is 24.3 Å². The molecule has 0 nitrogen and oxygen atoms in total. The van der Waals surface area contributed by atoms with E-state index in [0.29, 0.717) is 0 Å². The van der Waals surface area contributed by atoms with Crippen LogP contribution in [-0.2, 0) is 0 Å².